The lowest BCUT2D eigenvalue weighted by Gasteiger charge is -2.16. The minimum absolute atomic E-state index is 0.0886. The molecule has 0 radical (unpaired) electrons. The van der Waals surface area contributed by atoms with E-state index >= 15 is 0 Å². The molecule has 1 rings (SSSR count). The van der Waals surface area contributed by atoms with Gasteiger partial charge in [-0.3, -0.25) is 4.79 Å². The first-order chi connectivity index (χ1) is 9.30. The van der Waals surface area contributed by atoms with Gasteiger partial charge in [0, 0.05) is 0 Å². The Morgan fingerprint density at radius 3 is 2.55 bits per heavy atom. The van der Waals surface area contributed by atoms with Gasteiger partial charge in [-0.25, -0.2) is 0 Å². The average molecular weight is 298 g/mol. The zero-order valence-corrected chi connectivity index (χ0v) is 13.0. The maximum atomic E-state index is 11.5. The summed E-state index contributed by atoms with van der Waals surface area (Å²) in [5, 5.41) is 18.6. The number of phenolic OH excluding ortho intramolecular Hbond substituents is 2. The molecule has 1 aromatic rings. The first-order valence-corrected chi connectivity index (χ1v) is 7.72. The molecule has 5 heteroatoms. The van der Waals surface area contributed by atoms with E-state index in [4.69, 9.17) is 4.74 Å². The lowest BCUT2D eigenvalue weighted by molar-refractivity contribution is -0.150. The predicted octanol–water partition coefficient (Wildman–Crippen LogP) is 3.31. The maximum absolute atomic E-state index is 11.5. The molecule has 0 heterocycles. The van der Waals surface area contributed by atoms with E-state index < -0.39 is 5.41 Å². The largest absolute Gasteiger partial charge is 0.504 e. The lowest BCUT2D eigenvalue weighted by atomic mass is 9.98. The Labute approximate surface area is 124 Å². The molecular weight excluding hydrogens is 276 g/mol. The molecule has 20 heavy (non-hydrogen) atoms. The van der Waals surface area contributed by atoms with E-state index in [1.165, 1.54) is 6.07 Å². The van der Waals surface area contributed by atoms with Crippen LogP contribution in [0.2, 0.25) is 0 Å². The Balaban J connectivity index is 2.16. The van der Waals surface area contributed by atoms with E-state index in [1.54, 1.807) is 23.9 Å². The summed E-state index contributed by atoms with van der Waals surface area (Å²) in [7, 11) is 0. The fourth-order valence-corrected chi connectivity index (χ4v) is 2.13. The quantitative estimate of drug-likeness (QED) is 0.365. The standard InChI is InChI=1S/C15H22O4S/c1-15(2,3)14(18)19-10-20-8-4-5-11-6-7-12(16)13(17)9-11/h6-7,9,16-17H,4-5,8,10H2,1-3H3. The molecule has 1 aromatic carbocycles. The third-order valence-corrected chi connectivity index (χ3v) is 3.54. The number of aromatic hydroxyl groups is 2. The summed E-state index contributed by atoms with van der Waals surface area (Å²) in [6, 6.07) is 4.85. The number of thioether (sulfide) groups is 1. The number of hydrogen-bond donors (Lipinski definition) is 2. The minimum Gasteiger partial charge on any atom is -0.504 e. The second kappa shape index (κ2) is 7.43. The number of phenols is 2. The summed E-state index contributed by atoms with van der Waals surface area (Å²) in [5.41, 5.74) is 0.525. The molecule has 0 aromatic heterocycles. The van der Waals surface area contributed by atoms with Crippen molar-refractivity contribution in [3.8, 4) is 11.5 Å². The summed E-state index contributed by atoms with van der Waals surface area (Å²) in [5.74, 6) is 0.871. The van der Waals surface area contributed by atoms with Gasteiger partial charge in [0.15, 0.2) is 11.5 Å². The first kappa shape index (κ1) is 16.7. The number of hydrogen-bond acceptors (Lipinski definition) is 5. The van der Waals surface area contributed by atoms with Gasteiger partial charge in [0.2, 0.25) is 0 Å². The van der Waals surface area contributed by atoms with E-state index in [1.807, 2.05) is 20.8 Å². The van der Waals surface area contributed by atoms with Gasteiger partial charge in [-0.15, -0.1) is 11.8 Å². The number of ether oxygens (including phenoxy) is 1. The highest BCUT2D eigenvalue weighted by atomic mass is 32.2. The Morgan fingerprint density at radius 1 is 1.25 bits per heavy atom. The zero-order chi connectivity index (χ0) is 15.2. The van der Waals surface area contributed by atoms with Gasteiger partial charge < -0.3 is 14.9 Å². The third kappa shape index (κ3) is 5.74. The van der Waals surface area contributed by atoms with Gasteiger partial charge in [-0.2, -0.15) is 0 Å². The van der Waals surface area contributed by atoms with Crippen molar-refractivity contribution in [3.05, 3.63) is 23.8 Å². The number of rotatable bonds is 6. The molecule has 0 aliphatic carbocycles. The molecule has 0 amide bonds. The maximum Gasteiger partial charge on any atom is 0.312 e. The highest BCUT2D eigenvalue weighted by Gasteiger charge is 2.22. The van der Waals surface area contributed by atoms with Gasteiger partial charge >= 0.3 is 5.97 Å². The normalized spacial score (nSPS) is 11.3. The lowest BCUT2D eigenvalue weighted by Crippen LogP contribution is -2.22. The van der Waals surface area contributed by atoms with Crippen LogP contribution in [0.1, 0.15) is 32.8 Å². The van der Waals surface area contributed by atoms with Crippen molar-refractivity contribution in [2.45, 2.75) is 33.6 Å². The van der Waals surface area contributed by atoms with Crippen molar-refractivity contribution >= 4 is 17.7 Å². The van der Waals surface area contributed by atoms with Crippen LogP contribution in [-0.4, -0.2) is 27.9 Å². The van der Waals surface area contributed by atoms with Gasteiger partial charge in [-0.05, 0) is 57.1 Å². The molecule has 112 valence electrons. The zero-order valence-electron chi connectivity index (χ0n) is 12.2. The van der Waals surface area contributed by atoms with Crippen molar-refractivity contribution in [2.75, 3.05) is 11.7 Å². The molecule has 0 unspecified atom stereocenters. The van der Waals surface area contributed by atoms with E-state index in [2.05, 4.69) is 0 Å². The first-order valence-electron chi connectivity index (χ1n) is 6.56. The highest BCUT2D eigenvalue weighted by Crippen LogP contribution is 2.25. The van der Waals surface area contributed by atoms with Gasteiger partial charge in [0.25, 0.3) is 0 Å². The minimum atomic E-state index is -0.454. The van der Waals surface area contributed by atoms with E-state index in [0.29, 0.717) is 5.94 Å². The molecule has 0 fully saturated rings. The molecule has 0 bridgehead atoms. The summed E-state index contributed by atoms with van der Waals surface area (Å²) in [4.78, 5) is 11.5. The second-order valence-electron chi connectivity index (χ2n) is 5.63. The van der Waals surface area contributed by atoms with Crippen molar-refractivity contribution in [1.29, 1.82) is 0 Å². The number of esters is 1. The summed E-state index contributed by atoms with van der Waals surface area (Å²) in [6.07, 6.45) is 1.73. The highest BCUT2D eigenvalue weighted by molar-refractivity contribution is 7.99. The molecule has 0 saturated carbocycles. The Bertz CT molecular complexity index is 452. The van der Waals surface area contributed by atoms with E-state index in [-0.39, 0.29) is 17.5 Å². The molecule has 0 aliphatic rings. The number of carbonyl (C=O) groups is 1. The van der Waals surface area contributed by atoms with Gasteiger partial charge in [0.1, 0.15) is 5.94 Å². The van der Waals surface area contributed by atoms with Gasteiger partial charge in [0.05, 0.1) is 5.41 Å². The summed E-state index contributed by atoms with van der Waals surface area (Å²) in [6.45, 7) is 5.49. The Morgan fingerprint density at radius 2 is 1.95 bits per heavy atom. The average Bonchev–Trinajstić information content (AvgIpc) is 2.36. The van der Waals surface area contributed by atoms with Gasteiger partial charge in [-0.1, -0.05) is 6.07 Å². The van der Waals surface area contributed by atoms with E-state index in [9.17, 15) is 15.0 Å². The molecule has 0 spiro atoms. The monoisotopic (exact) mass is 298 g/mol. The van der Waals surface area contributed by atoms with Crippen LogP contribution in [0.15, 0.2) is 18.2 Å². The number of aryl methyl sites for hydroxylation is 1. The third-order valence-electron chi connectivity index (χ3n) is 2.68. The van der Waals surface area contributed by atoms with Crippen LogP contribution >= 0.6 is 11.8 Å². The van der Waals surface area contributed by atoms with Crippen molar-refractivity contribution < 1.29 is 19.7 Å². The molecular formula is C15H22O4S. The Hall–Kier alpha value is -1.36. The van der Waals surface area contributed by atoms with Crippen LogP contribution in [0.5, 0.6) is 11.5 Å². The van der Waals surface area contributed by atoms with Crippen molar-refractivity contribution in [3.63, 3.8) is 0 Å². The smallest absolute Gasteiger partial charge is 0.312 e. The Kier molecular flexibility index (Phi) is 6.20. The number of benzene rings is 1. The van der Waals surface area contributed by atoms with Crippen LogP contribution in [0.25, 0.3) is 0 Å². The fraction of sp³-hybridized carbons (Fsp3) is 0.533. The van der Waals surface area contributed by atoms with E-state index in [0.717, 1.165) is 24.2 Å². The van der Waals surface area contributed by atoms with Crippen molar-refractivity contribution in [1.82, 2.24) is 0 Å². The molecule has 0 saturated heterocycles. The number of carbonyl (C=O) groups excluding carboxylic acids is 1. The summed E-state index contributed by atoms with van der Waals surface area (Å²) < 4.78 is 5.14. The van der Waals surface area contributed by atoms with Crippen LogP contribution in [0.3, 0.4) is 0 Å². The van der Waals surface area contributed by atoms with Crippen LogP contribution in [-0.2, 0) is 16.0 Å². The molecule has 0 atom stereocenters. The van der Waals surface area contributed by atoms with Crippen LogP contribution < -0.4 is 0 Å². The fourth-order valence-electron chi connectivity index (χ4n) is 1.47. The predicted molar refractivity (Wildman–Crippen MR) is 81.0 cm³/mol. The second-order valence-corrected chi connectivity index (χ2v) is 6.69. The van der Waals surface area contributed by atoms with Crippen molar-refractivity contribution in [2.24, 2.45) is 5.41 Å². The molecule has 2 N–H and O–H groups in total. The summed E-state index contributed by atoms with van der Waals surface area (Å²) >= 11 is 1.57. The topological polar surface area (TPSA) is 66.8 Å². The SMILES string of the molecule is CC(C)(C)C(=O)OCSCCCc1ccc(O)c(O)c1. The van der Waals surface area contributed by atoms with Crippen LogP contribution in [0, 0.1) is 5.41 Å². The molecule has 4 nitrogen and oxygen atoms in total. The molecule has 0 aliphatic heterocycles. The van der Waals surface area contributed by atoms with Crippen LogP contribution in [0.4, 0.5) is 0 Å².